The first-order valence-electron chi connectivity index (χ1n) is 9.94. The molecule has 0 unspecified atom stereocenters. The highest BCUT2D eigenvalue weighted by Gasteiger charge is 2.01. The van der Waals surface area contributed by atoms with Gasteiger partial charge in [-0.1, -0.05) is 108 Å². The summed E-state index contributed by atoms with van der Waals surface area (Å²) in [6.45, 7) is 13.0. The molecule has 4 rings (SSSR count). The molecule has 3 aromatic carbocycles. The van der Waals surface area contributed by atoms with Crippen molar-refractivity contribution in [2.75, 3.05) is 0 Å². The Labute approximate surface area is 166 Å². The molecular weight excluding hydrogens is 326 g/mol. The number of benzene rings is 3. The maximum absolute atomic E-state index is 4.17. The van der Waals surface area contributed by atoms with Crippen molar-refractivity contribution in [1.29, 1.82) is 0 Å². The van der Waals surface area contributed by atoms with Crippen LogP contribution >= 0.6 is 0 Å². The van der Waals surface area contributed by atoms with Crippen molar-refractivity contribution in [2.24, 2.45) is 16.8 Å². The lowest BCUT2D eigenvalue weighted by molar-refractivity contribution is 0.736. The van der Waals surface area contributed by atoms with E-state index in [1.807, 2.05) is 24.4 Å². The van der Waals surface area contributed by atoms with E-state index >= 15 is 0 Å². The first kappa shape index (κ1) is 22.6. The van der Waals surface area contributed by atoms with Gasteiger partial charge >= 0.3 is 0 Å². The molecule has 0 fully saturated rings. The fraction of sp³-hybridized carbons (Fsp3) is 0.346. The SMILES string of the molecule is C1=Nc2ccccc2C1.CC(C)C.CC(C)C.c1ccc2ccccc2c1. The molecule has 1 aliphatic heterocycles. The lowest BCUT2D eigenvalue weighted by atomic mass is 10.1. The predicted molar refractivity (Wildman–Crippen MR) is 123 cm³/mol. The topological polar surface area (TPSA) is 12.4 Å². The summed E-state index contributed by atoms with van der Waals surface area (Å²) < 4.78 is 0. The highest BCUT2D eigenvalue weighted by atomic mass is 14.7. The average molecular weight is 362 g/mol. The molecule has 0 bridgehead atoms. The molecule has 0 aliphatic carbocycles. The number of rotatable bonds is 0. The van der Waals surface area contributed by atoms with Crippen LogP contribution in [0.3, 0.4) is 0 Å². The molecular formula is C26H35N. The molecule has 3 aromatic rings. The first-order chi connectivity index (χ1) is 12.9. The van der Waals surface area contributed by atoms with E-state index in [9.17, 15) is 0 Å². The van der Waals surface area contributed by atoms with Crippen molar-refractivity contribution >= 4 is 22.7 Å². The summed E-state index contributed by atoms with van der Waals surface area (Å²) in [6, 6.07) is 24.9. The van der Waals surface area contributed by atoms with Crippen LogP contribution in [0.25, 0.3) is 10.8 Å². The van der Waals surface area contributed by atoms with E-state index in [2.05, 4.69) is 101 Å². The standard InChI is InChI=1S/C10H8.C8H7N.2C4H10/c1-2-6-10-8-4-3-7-9(10)5-1;1-2-4-8-7(3-1)5-6-9-8;2*1-4(2)3/h1-8H;1-4,6H,5H2;2*4H,1-3H3. The predicted octanol–water partition coefficient (Wildman–Crippen LogP) is 8.11. The lowest BCUT2D eigenvalue weighted by Gasteiger charge is -1.92. The minimum absolute atomic E-state index is 0.833. The fourth-order valence-corrected chi connectivity index (χ4v) is 2.18. The Morgan fingerprint density at radius 3 is 1.37 bits per heavy atom. The Morgan fingerprint density at radius 1 is 0.593 bits per heavy atom. The van der Waals surface area contributed by atoms with Crippen LogP contribution in [0.15, 0.2) is 77.8 Å². The zero-order valence-corrected chi connectivity index (χ0v) is 17.8. The van der Waals surface area contributed by atoms with Crippen LogP contribution < -0.4 is 0 Å². The number of fused-ring (bicyclic) bond motifs is 2. The third-order valence-electron chi connectivity index (χ3n) is 3.19. The molecule has 0 saturated heterocycles. The van der Waals surface area contributed by atoms with Crippen molar-refractivity contribution < 1.29 is 0 Å². The number of nitrogens with zero attached hydrogens (tertiary/aromatic N) is 1. The maximum atomic E-state index is 4.17. The molecule has 0 N–H and O–H groups in total. The van der Waals surface area contributed by atoms with Gasteiger partial charge in [0.25, 0.3) is 0 Å². The molecule has 0 atom stereocenters. The van der Waals surface area contributed by atoms with Gasteiger partial charge in [0.2, 0.25) is 0 Å². The summed E-state index contributed by atoms with van der Waals surface area (Å²) in [5, 5.41) is 2.62. The monoisotopic (exact) mass is 361 g/mol. The molecule has 1 aliphatic rings. The second-order valence-corrected chi connectivity index (χ2v) is 7.96. The van der Waals surface area contributed by atoms with Crippen LogP contribution in [0.4, 0.5) is 5.69 Å². The van der Waals surface area contributed by atoms with E-state index < -0.39 is 0 Å². The summed E-state index contributed by atoms with van der Waals surface area (Å²) in [4.78, 5) is 4.17. The third-order valence-corrected chi connectivity index (χ3v) is 3.19. The molecule has 0 spiro atoms. The summed E-state index contributed by atoms with van der Waals surface area (Å²) in [5.74, 6) is 1.67. The molecule has 0 saturated carbocycles. The Morgan fingerprint density at radius 2 is 0.963 bits per heavy atom. The van der Waals surface area contributed by atoms with Gasteiger partial charge in [-0.3, -0.25) is 4.99 Å². The van der Waals surface area contributed by atoms with E-state index in [1.165, 1.54) is 16.3 Å². The van der Waals surface area contributed by atoms with Gasteiger partial charge < -0.3 is 0 Å². The summed E-state index contributed by atoms with van der Waals surface area (Å²) >= 11 is 0. The summed E-state index contributed by atoms with van der Waals surface area (Å²) in [7, 11) is 0. The molecule has 27 heavy (non-hydrogen) atoms. The average Bonchev–Trinajstić information content (AvgIpc) is 3.10. The van der Waals surface area contributed by atoms with Crippen molar-refractivity contribution in [1.82, 2.24) is 0 Å². The zero-order chi connectivity index (χ0) is 20.1. The number of hydrogen-bond acceptors (Lipinski definition) is 1. The molecule has 0 radical (unpaired) electrons. The van der Waals surface area contributed by atoms with Gasteiger partial charge in [0.1, 0.15) is 0 Å². The van der Waals surface area contributed by atoms with Crippen molar-refractivity contribution in [3.63, 3.8) is 0 Å². The molecule has 0 aromatic heterocycles. The van der Waals surface area contributed by atoms with Crippen molar-refractivity contribution in [3.05, 3.63) is 78.4 Å². The first-order valence-corrected chi connectivity index (χ1v) is 9.94. The van der Waals surface area contributed by atoms with Crippen LogP contribution in [0.1, 0.15) is 47.1 Å². The summed E-state index contributed by atoms with van der Waals surface area (Å²) in [5.41, 5.74) is 2.48. The van der Waals surface area contributed by atoms with E-state index in [1.54, 1.807) is 0 Å². The maximum Gasteiger partial charge on any atom is 0.0661 e. The summed E-state index contributed by atoms with van der Waals surface area (Å²) in [6.07, 6.45) is 2.96. The van der Waals surface area contributed by atoms with Gasteiger partial charge in [0, 0.05) is 12.6 Å². The van der Waals surface area contributed by atoms with E-state index in [0.717, 1.165) is 23.9 Å². The van der Waals surface area contributed by atoms with Gasteiger partial charge in [-0.05, 0) is 34.2 Å². The van der Waals surface area contributed by atoms with Gasteiger partial charge in [-0.2, -0.15) is 0 Å². The van der Waals surface area contributed by atoms with Crippen LogP contribution in [0, 0.1) is 11.8 Å². The highest BCUT2D eigenvalue weighted by Crippen LogP contribution is 2.22. The minimum atomic E-state index is 0.833. The van der Waals surface area contributed by atoms with Gasteiger partial charge in [-0.15, -0.1) is 0 Å². The van der Waals surface area contributed by atoms with Gasteiger partial charge in [-0.25, -0.2) is 0 Å². The zero-order valence-electron chi connectivity index (χ0n) is 17.8. The normalized spacial score (nSPS) is 11.0. The Bertz CT molecular complexity index is 723. The van der Waals surface area contributed by atoms with E-state index in [4.69, 9.17) is 0 Å². The van der Waals surface area contributed by atoms with Crippen LogP contribution in [0.2, 0.25) is 0 Å². The van der Waals surface area contributed by atoms with E-state index in [-0.39, 0.29) is 0 Å². The quantitative estimate of drug-likeness (QED) is 0.383. The highest BCUT2D eigenvalue weighted by molar-refractivity contribution is 5.82. The fourth-order valence-electron chi connectivity index (χ4n) is 2.18. The Balaban J connectivity index is 0.000000198. The van der Waals surface area contributed by atoms with Crippen LogP contribution in [0.5, 0.6) is 0 Å². The second kappa shape index (κ2) is 12.9. The van der Waals surface area contributed by atoms with Crippen LogP contribution in [-0.2, 0) is 6.42 Å². The minimum Gasteiger partial charge on any atom is -0.261 e. The third kappa shape index (κ3) is 10.4. The van der Waals surface area contributed by atoms with Gasteiger partial charge in [0.05, 0.1) is 5.69 Å². The van der Waals surface area contributed by atoms with Crippen LogP contribution in [-0.4, -0.2) is 6.21 Å². The number of hydrogen-bond donors (Lipinski definition) is 0. The smallest absolute Gasteiger partial charge is 0.0661 e. The molecule has 144 valence electrons. The molecule has 1 nitrogen and oxygen atoms in total. The Hall–Kier alpha value is -2.41. The molecule has 1 heteroatoms. The van der Waals surface area contributed by atoms with E-state index in [0.29, 0.717) is 0 Å². The largest absolute Gasteiger partial charge is 0.261 e. The van der Waals surface area contributed by atoms with Crippen molar-refractivity contribution in [3.8, 4) is 0 Å². The lowest BCUT2D eigenvalue weighted by Crippen LogP contribution is -1.75. The molecule has 0 amide bonds. The van der Waals surface area contributed by atoms with Crippen molar-refractivity contribution in [2.45, 2.75) is 48.0 Å². The van der Waals surface area contributed by atoms with Gasteiger partial charge in [0.15, 0.2) is 0 Å². The number of para-hydroxylation sites is 1. The Kier molecular flexibility index (Phi) is 10.8. The number of aliphatic imine (C=N–C) groups is 1. The second-order valence-electron chi connectivity index (χ2n) is 7.96. The molecule has 1 heterocycles.